The molecule has 0 amide bonds. The first-order chi connectivity index (χ1) is 14.1. The number of likely N-dealkylation sites (tertiary alicyclic amines) is 1. The Kier molecular flexibility index (Phi) is 6.01. The van der Waals surface area contributed by atoms with Gasteiger partial charge in [0.2, 0.25) is 5.95 Å². The summed E-state index contributed by atoms with van der Waals surface area (Å²) in [6.45, 7) is 5.31. The van der Waals surface area contributed by atoms with Crippen molar-refractivity contribution in [2.24, 2.45) is 0 Å². The van der Waals surface area contributed by atoms with E-state index in [1.165, 1.54) is 0 Å². The van der Waals surface area contributed by atoms with Crippen LogP contribution in [-0.4, -0.2) is 66.5 Å². The van der Waals surface area contributed by atoms with Crippen molar-refractivity contribution in [3.05, 3.63) is 45.9 Å². The number of aromatic hydroxyl groups is 1. The number of anilines is 1. The second-order valence-corrected chi connectivity index (χ2v) is 7.64. The lowest BCUT2D eigenvalue weighted by molar-refractivity contribution is 0.122. The van der Waals surface area contributed by atoms with Crippen LogP contribution in [0.3, 0.4) is 0 Å². The molecule has 0 bridgehead atoms. The smallest absolute Gasteiger partial charge is 0.252 e. The summed E-state index contributed by atoms with van der Waals surface area (Å²) in [6, 6.07) is 7.07. The summed E-state index contributed by atoms with van der Waals surface area (Å²) in [6.07, 6.45) is 1.88. The van der Waals surface area contributed by atoms with Gasteiger partial charge < -0.3 is 19.5 Å². The van der Waals surface area contributed by atoms with E-state index in [0.717, 1.165) is 50.3 Å². The number of hydrogen-bond donors (Lipinski definition) is 2. The monoisotopic (exact) mass is 400 g/mol. The van der Waals surface area contributed by atoms with Gasteiger partial charge in [-0.3, -0.25) is 14.7 Å². The average Bonchev–Trinajstić information content (AvgIpc) is 2.76. The highest BCUT2D eigenvalue weighted by Crippen LogP contribution is 2.30. The fraction of sp³-hybridized carbons (Fsp3) is 0.524. The Labute approximate surface area is 170 Å². The predicted octanol–water partition coefficient (Wildman–Crippen LogP) is 1.70. The Morgan fingerprint density at radius 2 is 1.97 bits per heavy atom. The van der Waals surface area contributed by atoms with E-state index < -0.39 is 0 Å². The minimum atomic E-state index is -0.0953. The van der Waals surface area contributed by atoms with Crippen LogP contribution in [0.25, 0.3) is 0 Å². The molecule has 2 saturated heterocycles. The number of H-pyrrole nitrogens is 1. The van der Waals surface area contributed by atoms with Crippen molar-refractivity contribution in [1.29, 1.82) is 0 Å². The molecule has 0 unspecified atom stereocenters. The number of piperidine rings is 1. The number of phenols is 1. The number of rotatable bonds is 5. The summed E-state index contributed by atoms with van der Waals surface area (Å²) in [7, 11) is 1.59. The molecule has 0 atom stereocenters. The zero-order valence-electron chi connectivity index (χ0n) is 16.8. The first kappa shape index (κ1) is 19.7. The van der Waals surface area contributed by atoms with Crippen molar-refractivity contribution >= 4 is 5.95 Å². The molecule has 3 heterocycles. The Morgan fingerprint density at radius 3 is 2.66 bits per heavy atom. The molecule has 1 aromatic carbocycles. The quantitative estimate of drug-likeness (QED) is 0.789. The van der Waals surface area contributed by atoms with Crippen molar-refractivity contribution in [1.82, 2.24) is 14.9 Å². The van der Waals surface area contributed by atoms with Gasteiger partial charge in [-0.2, -0.15) is 0 Å². The molecule has 29 heavy (non-hydrogen) atoms. The molecular formula is C21H28N4O4. The van der Waals surface area contributed by atoms with Crippen molar-refractivity contribution < 1.29 is 14.6 Å². The first-order valence-corrected chi connectivity index (χ1v) is 10.1. The van der Waals surface area contributed by atoms with Gasteiger partial charge in [-0.1, -0.05) is 6.07 Å². The van der Waals surface area contributed by atoms with Gasteiger partial charge in [-0.25, -0.2) is 4.98 Å². The number of nitrogens with zero attached hydrogens (tertiary/aromatic N) is 3. The zero-order chi connectivity index (χ0) is 20.2. The molecule has 1 aromatic heterocycles. The van der Waals surface area contributed by atoms with Gasteiger partial charge in [-0.05, 0) is 32.0 Å². The van der Waals surface area contributed by atoms with Crippen LogP contribution in [0.1, 0.15) is 30.0 Å². The fourth-order valence-electron chi connectivity index (χ4n) is 4.03. The van der Waals surface area contributed by atoms with Gasteiger partial charge in [0, 0.05) is 43.2 Å². The van der Waals surface area contributed by atoms with E-state index in [4.69, 9.17) is 14.5 Å². The lowest BCUT2D eigenvalue weighted by Gasteiger charge is -2.32. The van der Waals surface area contributed by atoms with Gasteiger partial charge in [0.1, 0.15) is 11.5 Å². The Bertz CT molecular complexity index is 886. The van der Waals surface area contributed by atoms with Crippen molar-refractivity contribution in [3.63, 3.8) is 0 Å². The predicted molar refractivity (Wildman–Crippen MR) is 110 cm³/mol. The van der Waals surface area contributed by atoms with E-state index in [0.29, 0.717) is 31.5 Å². The fourth-order valence-corrected chi connectivity index (χ4v) is 4.03. The van der Waals surface area contributed by atoms with Crippen molar-refractivity contribution in [3.8, 4) is 11.5 Å². The summed E-state index contributed by atoms with van der Waals surface area (Å²) in [4.78, 5) is 24.2. The molecular weight excluding hydrogens is 372 g/mol. The second kappa shape index (κ2) is 8.84. The van der Waals surface area contributed by atoms with Crippen LogP contribution >= 0.6 is 0 Å². The molecule has 0 saturated carbocycles. The van der Waals surface area contributed by atoms with E-state index >= 15 is 0 Å². The molecule has 4 rings (SSSR count). The Hall–Kier alpha value is -2.58. The van der Waals surface area contributed by atoms with Crippen molar-refractivity contribution in [2.45, 2.75) is 25.3 Å². The van der Waals surface area contributed by atoms with Crippen LogP contribution in [0.2, 0.25) is 0 Å². The van der Waals surface area contributed by atoms with Gasteiger partial charge in [0.25, 0.3) is 5.56 Å². The maximum absolute atomic E-state index is 12.2. The molecule has 2 fully saturated rings. The SMILES string of the molecule is COc1ccc(CN2CCC(c3cc(=O)[nH]c(N4CCOCC4)n3)CC2)c(O)c1. The lowest BCUT2D eigenvalue weighted by atomic mass is 9.93. The molecule has 2 aliphatic heterocycles. The number of phenolic OH excluding ortho intramolecular Hbond substituents is 1. The van der Waals surface area contributed by atoms with Gasteiger partial charge in [-0.15, -0.1) is 0 Å². The number of nitrogens with one attached hydrogen (secondary N) is 1. The lowest BCUT2D eigenvalue weighted by Crippen LogP contribution is -2.39. The summed E-state index contributed by atoms with van der Waals surface area (Å²) >= 11 is 0. The summed E-state index contributed by atoms with van der Waals surface area (Å²) < 4.78 is 10.5. The Balaban J connectivity index is 1.39. The maximum atomic E-state index is 12.2. The molecule has 0 spiro atoms. The summed E-state index contributed by atoms with van der Waals surface area (Å²) in [5.74, 6) is 1.85. The molecule has 8 nitrogen and oxygen atoms in total. The maximum Gasteiger partial charge on any atom is 0.252 e. The van der Waals surface area contributed by atoms with E-state index in [2.05, 4.69) is 14.8 Å². The van der Waals surface area contributed by atoms with E-state index in [9.17, 15) is 9.90 Å². The number of hydrogen-bond acceptors (Lipinski definition) is 7. The highest BCUT2D eigenvalue weighted by molar-refractivity contribution is 5.39. The minimum Gasteiger partial charge on any atom is -0.507 e. The zero-order valence-corrected chi connectivity index (χ0v) is 16.8. The number of ether oxygens (including phenoxy) is 2. The van der Waals surface area contributed by atoms with E-state index in [1.807, 2.05) is 12.1 Å². The van der Waals surface area contributed by atoms with Gasteiger partial charge in [0.05, 0.1) is 26.0 Å². The highest BCUT2D eigenvalue weighted by Gasteiger charge is 2.24. The third-order valence-electron chi connectivity index (χ3n) is 5.75. The van der Waals surface area contributed by atoms with Crippen LogP contribution in [0, 0.1) is 0 Å². The molecule has 2 aliphatic rings. The number of benzene rings is 1. The molecule has 2 N–H and O–H groups in total. The van der Waals surface area contributed by atoms with Crippen LogP contribution in [0.15, 0.2) is 29.1 Å². The molecule has 8 heteroatoms. The minimum absolute atomic E-state index is 0.0953. The second-order valence-electron chi connectivity index (χ2n) is 7.64. The topological polar surface area (TPSA) is 90.9 Å². The van der Waals surface area contributed by atoms with Crippen LogP contribution in [-0.2, 0) is 11.3 Å². The third-order valence-corrected chi connectivity index (χ3v) is 5.75. The highest BCUT2D eigenvalue weighted by atomic mass is 16.5. The molecule has 156 valence electrons. The number of aromatic amines is 1. The third kappa shape index (κ3) is 4.71. The molecule has 0 aliphatic carbocycles. The molecule has 2 aromatic rings. The van der Waals surface area contributed by atoms with E-state index in [-0.39, 0.29) is 17.2 Å². The molecule has 0 radical (unpaired) electrons. The van der Waals surface area contributed by atoms with Gasteiger partial charge in [0.15, 0.2) is 0 Å². The number of morpholine rings is 1. The Morgan fingerprint density at radius 1 is 1.21 bits per heavy atom. The van der Waals surface area contributed by atoms with Crippen molar-refractivity contribution in [2.75, 3.05) is 51.4 Å². The standard InChI is InChI=1S/C21H28N4O4/c1-28-17-3-2-16(19(26)12-17)14-24-6-4-15(5-7-24)18-13-20(27)23-21(22-18)25-8-10-29-11-9-25/h2-3,12-13,15,26H,4-11,14H2,1H3,(H,22,23,27). The van der Waals surface area contributed by atoms with Crippen LogP contribution in [0.5, 0.6) is 11.5 Å². The van der Waals surface area contributed by atoms with Crippen LogP contribution in [0.4, 0.5) is 5.95 Å². The number of methoxy groups -OCH3 is 1. The summed E-state index contributed by atoms with van der Waals surface area (Å²) in [5, 5.41) is 10.2. The summed E-state index contributed by atoms with van der Waals surface area (Å²) in [5.41, 5.74) is 1.68. The van der Waals surface area contributed by atoms with Crippen LogP contribution < -0.4 is 15.2 Å². The first-order valence-electron chi connectivity index (χ1n) is 10.1. The average molecular weight is 400 g/mol. The number of aromatic nitrogens is 2. The van der Waals surface area contributed by atoms with E-state index in [1.54, 1.807) is 19.2 Å². The van der Waals surface area contributed by atoms with Gasteiger partial charge >= 0.3 is 0 Å². The largest absolute Gasteiger partial charge is 0.507 e. The normalized spacial score (nSPS) is 18.7.